The van der Waals surface area contributed by atoms with E-state index in [-0.39, 0.29) is 23.3 Å². The third-order valence-corrected chi connectivity index (χ3v) is 5.81. The van der Waals surface area contributed by atoms with Crippen LogP contribution in [0.2, 0.25) is 5.02 Å². The summed E-state index contributed by atoms with van der Waals surface area (Å²) in [5.41, 5.74) is 3.02. The van der Waals surface area contributed by atoms with Gasteiger partial charge in [-0.1, -0.05) is 25.4 Å². The van der Waals surface area contributed by atoms with Crippen LogP contribution < -0.4 is 5.32 Å². The van der Waals surface area contributed by atoms with Gasteiger partial charge >= 0.3 is 0 Å². The van der Waals surface area contributed by atoms with Gasteiger partial charge in [0.05, 0.1) is 28.2 Å². The lowest BCUT2D eigenvalue weighted by molar-refractivity contribution is -0.117. The second-order valence-electron chi connectivity index (χ2n) is 7.89. The Morgan fingerprint density at radius 3 is 2.87 bits per heavy atom. The minimum Gasteiger partial charge on any atom is -0.309 e. The van der Waals surface area contributed by atoms with Crippen molar-refractivity contribution in [2.75, 3.05) is 5.32 Å². The van der Waals surface area contributed by atoms with E-state index in [1.807, 2.05) is 13.8 Å². The predicted octanol–water partition coefficient (Wildman–Crippen LogP) is 5.09. The van der Waals surface area contributed by atoms with Crippen molar-refractivity contribution in [3.8, 4) is 11.1 Å². The highest BCUT2D eigenvalue weighted by atomic mass is 35.5. The number of anilines is 1. The Morgan fingerprint density at radius 2 is 2.17 bits per heavy atom. The van der Waals surface area contributed by atoms with Gasteiger partial charge in [-0.15, -0.1) is 0 Å². The van der Waals surface area contributed by atoms with Crippen molar-refractivity contribution in [2.24, 2.45) is 5.92 Å². The molecule has 0 radical (unpaired) electrons. The van der Waals surface area contributed by atoms with Crippen molar-refractivity contribution in [1.82, 2.24) is 19.8 Å². The second-order valence-corrected chi connectivity index (χ2v) is 8.27. The highest BCUT2D eigenvalue weighted by Crippen LogP contribution is 2.41. The van der Waals surface area contributed by atoms with Crippen LogP contribution >= 0.6 is 11.6 Å². The predicted molar refractivity (Wildman–Crippen MR) is 111 cm³/mol. The number of aromatic nitrogens is 4. The molecule has 2 atom stereocenters. The standard InChI is InChI=1S/C21H18ClF2N5O/c1-9(2)16-19(24)18(22)17(13-8-25-27-20(13)16)10-3-4-29-11(5-10)6-15(28-29)26-21(30)12-7-14(12)23/h3-6,8-9,12,14H,7H2,1-2H3,(H,25,27)(H,26,28,30)/t12-,14+/m1/s1. The first-order valence-electron chi connectivity index (χ1n) is 9.63. The number of benzene rings is 1. The first-order chi connectivity index (χ1) is 14.3. The largest absolute Gasteiger partial charge is 0.309 e. The molecule has 1 amide bonds. The van der Waals surface area contributed by atoms with Crippen LogP contribution in [0.1, 0.15) is 31.7 Å². The van der Waals surface area contributed by atoms with E-state index in [9.17, 15) is 9.18 Å². The number of amides is 1. The van der Waals surface area contributed by atoms with E-state index in [4.69, 9.17) is 11.6 Å². The highest BCUT2D eigenvalue weighted by Gasteiger charge is 2.43. The Hall–Kier alpha value is -3.00. The van der Waals surface area contributed by atoms with Crippen LogP contribution in [-0.2, 0) is 4.79 Å². The number of nitrogens with one attached hydrogen (secondary N) is 2. The van der Waals surface area contributed by atoms with Crippen LogP contribution in [0.25, 0.3) is 27.5 Å². The van der Waals surface area contributed by atoms with Gasteiger partial charge in [0.15, 0.2) is 5.82 Å². The van der Waals surface area contributed by atoms with Gasteiger partial charge in [-0.05, 0) is 30.0 Å². The van der Waals surface area contributed by atoms with Crippen molar-refractivity contribution < 1.29 is 13.6 Å². The Bertz CT molecular complexity index is 1310. The fourth-order valence-electron chi connectivity index (χ4n) is 3.83. The van der Waals surface area contributed by atoms with Crippen molar-refractivity contribution in [3.63, 3.8) is 0 Å². The SMILES string of the molecule is CC(C)c1c(F)c(Cl)c(-c2ccn3nc(NC(=O)[C@@H]4C[C@@H]4F)cc3c2)c2cn[nH]c12. The summed E-state index contributed by atoms with van der Waals surface area (Å²) in [6.45, 7) is 3.80. The molecule has 5 rings (SSSR count). The first kappa shape index (κ1) is 19.0. The van der Waals surface area contributed by atoms with Gasteiger partial charge in [0, 0.05) is 28.8 Å². The van der Waals surface area contributed by atoms with Crippen LogP contribution in [0.15, 0.2) is 30.6 Å². The number of carbonyl (C=O) groups is 1. The zero-order valence-electron chi connectivity index (χ0n) is 16.2. The van der Waals surface area contributed by atoms with Crippen LogP contribution in [0, 0.1) is 11.7 Å². The van der Waals surface area contributed by atoms with Gasteiger partial charge < -0.3 is 5.32 Å². The number of hydrogen-bond acceptors (Lipinski definition) is 3. The molecular weight excluding hydrogens is 412 g/mol. The van der Waals surface area contributed by atoms with Gasteiger partial charge in [-0.2, -0.15) is 10.2 Å². The minimum atomic E-state index is -1.07. The highest BCUT2D eigenvalue weighted by molar-refractivity contribution is 6.35. The number of halogens is 3. The third-order valence-electron chi connectivity index (χ3n) is 5.46. The third kappa shape index (κ3) is 2.94. The van der Waals surface area contributed by atoms with E-state index in [1.165, 1.54) is 0 Å². The summed E-state index contributed by atoms with van der Waals surface area (Å²) < 4.78 is 29.8. The average Bonchev–Trinajstić information content (AvgIpc) is 3.08. The number of H-pyrrole nitrogens is 1. The maximum Gasteiger partial charge on any atom is 0.231 e. The Balaban J connectivity index is 1.59. The topological polar surface area (TPSA) is 75.1 Å². The Kier molecular flexibility index (Phi) is 4.28. The molecule has 0 unspecified atom stereocenters. The molecule has 3 aromatic heterocycles. The van der Waals surface area contributed by atoms with E-state index >= 15 is 4.39 Å². The molecule has 0 spiro atoms. The second kappa shape index (κ2) is 6.77. The number of pyridine rings is 1. The Labute approximate surface area is 175 Å². The van der Waals surface area contributed by atoms with E-state index in [2.05, 4.69) is 20.6 Å². The summed E-state index contributed by atoms with van der Waals surface area (Å²) in [5.74, 6) is -1.18. The zero-order chi connectivity index (χ0) is 21.2. The van der Waals surface area contributed by atoms with E-state index in [0.29, 0.717) is 33.5 Å². The molecule has 30 heavy (non-hydrogen) atoms. The van der Waals surface area contributed by atoms with Crippen LogP contribution in [0.5, 0.6) is 0 Å². The van der Waals surface area contributed by atoms with Gasteiger partial charge in [-0.25, -0.2) is 13.3 Å². The summed E-state index contributed by atoms with van der Waals surface area (Å²) in [7, 11) is 0. The lowest BCUT2D eigenvalue weighted by atomic mass is 9.94. The summed E-state index contributed by atoms with van der Waals surface area (Å²) in [4.78, 5) is 12.0. The van der Waals surface area contributed by atoms with Crippen molar-refractivity contribution in [1.29, 1.82) is 0 Å². The number of aromatic amines is 1. The van der Waals surface area contributed by atoms with Gasteiger partial charge in [-0.3, -0.25) is 9.89 Å². The molecule has 1 aromatic carbocycles. The maximum atomic E-state index is 15.1. The summed E-state index contributed by atoms with van der Waals surface area (Å²) in [6.07, 6.45) is 2.51. The summed E-state index contributed by atoms with van der Waals surface area (Å²) in [5, 5.41) is 14.7. The number of nitrogens with zero attached hydrogens (tertiary/aromatic N) is 3. The molecule has 3 heterocycles. The molecule has 6 nitrogen and oxygen atoms in total. The minimum absolute atomic E-state index is 0.0349. The monoisotopic (exact) mass is 429 g/mol. The average molecular weight is 430 g/mol. The van der Waals surface area contributed by atoms with Crippen molar-refractivity contribution in [2.45, 2.75) is 32.4 Å². The molecule has 0 aliphatic heterocycles. The number of carbonyl (C=O) groups excluding carboxylic acids is 1. The van der Waals surface area contributed by atoms with E-state index in [1.54, 1.807) is 35.1 Å². The van der Waals surface area contributed by atoms with Gasteiger partial charge in [0.2, 0.25) is 5.91 Å². The fraction of sp³-hybridized carbons (Fsp3) is 0.286. The molecule has 1 aliphatic rings. The van der Waals surface area contributed by atoms with Crippen LogP contribution in [0.3, 0.4) is 0 Å². The molecule has 0 bridgehead atoms. The molecule has 1 aliphatic carbocycles. The van der Waals surface area contributed by atoms with Gasteiger partial charge in [0.25, 0.3) is 0 Å². The van der Waals surface area contributed by atoms with E-state index < -0.39 is 17.9 Å². The summed E-state index contributed by atoms with van der Waals surface area (Å²) in [6, 6.07) is 5.25. The molecule has 4 aromatic rings. The lowest BCUT2D eigenvalue weighted by Gasteiger charge is -2.14. The smallest absolute Gasteiger partial charge is 0.231 e. The number of rotatable bonds is 4. The number of fused-ring (bicyclic) bond motifs is 2. The van der Waals surface area contributed by atoms with Crippen LogP contribution in [-0.4, -0.2) is 31.9 Å². The van der Waals surface area contributed by atoms with Gasteiger partial charge in [0.1, 0.15) is 12.0 Å². The van der Waals surface area contributed by atoms with Crippen molar-refractivity contribution in [3.05, 3.63) is 47.0 Å². The van der Waals surface area contributed by atoms with Crippen molar-refractivity contribution >= 4 is 39.7 Å². The molecule has 2 N–H and O–H groups in total. The number of alkyl halides is 1. The molecular formula is C21H18ClF2N5O. The van der Waals surface area contributed by atoms with E-state index in [0.717, 1.165) is 5.39 Å². The maximum absolute atomic E-state index is 15.1. The lowest BCUT2D eigenvalue weighted by Crippen LogP contribution is -2.15. The fourth-order valence-corrected chi connectivity index (χ4v) is 4.14. The quantitative estimate of drug-likeness (QED) is 0.474. The molecule has 1 fully saturated rings. The normalized spacial score (nSPS) is 18.5. The zero-order valence-corrected chi connectivity index (χ0v) is 17.0. The Morgan fingerprint density at radius 1 is 1.40 bits per heavy atom. The molecule has 1 saturated carbocycles. The molecule has 154 valence electrons. The summed E-state index contributed by atoms with van der Waals surface area (Å²) >= 11 is 6.46. The van der Waals surface area contributed by atoms with Crippen LogP contribution in [0.4, 0.5) is 14.6 Å². The number of hydrogen-bond donors (Lipinski definition) is 2. The molecule has 9 heteroatoms. The first-order valence-corrected chi connectivity index (χ1v) is 10.0. The molecule has 0 saturated heterocycles.